The van der Waals surface area contributed by atoms with E-state index < -0.39 is 15.7 Å². The molecule has 4 aromatic rings. The number of benzene rings is 4. The zero-order valence-corrected chi connectivity index (χ0v) is 23.3. The van der Waals surface area contributed by atoms with Crippen LogP contribution in [0.2, 0.25) is 0 Å². The van der Waals surface area contributed by atoms with Crippen molar-refractivity contribution in [3.8, 4) is 0 Å². The molecule has 0 spiro atoms. The minimum Gasteiger partial charge on any atom is -0.345 e. The van der Waals surface area contributed by atoms with Gasteiger partial charge in [0.05, 0.1) is 33.6 Å². The summed E-state index contributed by atoms with van der Waals surface area (Å²) in [6.45, 7) is 4.12. The number of hydrogen-bond donors (Lipinski definition) is 1. The number of aryl methyl sites for hydroxylation is 3. The van der Waals surface area contributed by atoms with Crippen molar-refractivity contribution in [3.63, 3.8) is 0 Å². The van der Waals surface area contributed by atoms with Crippen LogP contribution < -0.4 is 10.2 Å². The van der Waals surface area contributed by atoms with Gasteiger partial charge >= 0.3 is 0 Å². The lowest BCUT2D eigenvalue weighted by molar-refractivity contribution is 0.0930. The van der Waals surface area contributed by atoms with Crippen LogP contribution in [0.5, 0.6) is 0 Å². The summed E-state index contributed by atoms with van der Waals surface area (Å²) in [7, 11) is -4.02. The van der Waals surface area contributed by atoms with Crippen LogP contribution in [0.3, 0.4) is 0 Å². The molecule has 202 valence electrons. The Balaban J connectivity index is 1.45. The molecular formula is C33H30N2O4S. The summed E-state index contributed by atoms with van der Waals surface area (Å²) in [5.74, 6) is -0.722. The molecule has 6 nitrogen and oxygen atoms in total. The van der Waals surface area contributed by atoms with Gasteiger partial charge in [0.15, 0.2) is 0 Å². The molecule has 1 heterocycles. The van der Waals surface area contributed by atoms with Gasteiger partial charge in [0.2, 0.25) is 9.84 Å². The Hall–Kier alpha value is -4.23. The molecule has 0 fully saturated rings. The Bertz CT molecular complexity index is 1780. The second kappa shape index (κ2) is 10.1. The molecule has 0 radical (unpaired) electrons. The highest BCUT2D eigenvalue weighted by molar-refractivity contribution is 7.91. The first kappa shape index (κ1) is 26.0. The fraction of sp³-hybridized carbons (Fsp3) is 0.212. The number of amides is 2. The number of carbonyl (C=O) groups is 2. The van der Waals surface area contributed by atoms with Crippen LogP contribution in [0.4, 0.5) is 5.69 Å². The molecule has 1 aliphatic carbocycles. The summed E-state index contributed by atoms with van der Waals surface area (Å²) in [6, 6.07) is 24.8. The number of fused-ring (bicyclic) bond motifs is 3. The summed E-state index contributed by atoms with van der Waals surface area (Å²) in [5.41, 5.74) is 5.91. The Morgan fingerprint density at radius 1 is 0.925 bits per heavy atom. The first-order chi connectivity index (χ1) is 19.2. The average Bonchev–Trinajstić information content (AvgIpc) is 3.03. The molecule has 4 aromatic carbocycles. The second-order valence-electron chi connectivity index (χ2n) is 10.6. The third kappa shape index (κ3) is 4.50. The van der Waals surface area contributed by atoms with E-state index in [1.54, 1.807) is 24.3 Å². The summed E-state index contributed by atoms with van der Waals surface area (Å²) in [5, 5.41) is 3.15. The van der Waals surface area contributed by atoms with Gasteiger partial charge in [0, 0.05) is 5.56 Å². The topological polar surface area (TPSA) is 83.6 Å². The van der Waals surface area contributed by atoms with Gasteiger partial charge < -0.3 is 10.2 Å². The van der Waals surface area contributed by atoms with Crippen LogP contribution in [0.15, 0.2) is 94.7 Å². The summed E-state index contributed by atoms with van der Waals surface area (Å²) in [6.07, 6.45) is 2.78. The van der Waals surface area contributed by atoms with Crippen LogP contribution in [0.25, 0.3) is 0 Å². The van der Waals surface area contributed by atoms with E-state index in [1.807, 2.05) is 50.2 Å². The van der Waals surface area contributed by atoms with Crippen LogP contribution in [0, 0.1) is 13.8 Å². The molecule has 0 saturated heterocycles. The third-order valence-corrected chi connectivity index (χ3v) is 9.82. The van der Waals surface area contributed by atoms with E-state index in [2.05, 4.69) is 11.4 Å². The van der Waals surface area contributed by atoms with Gasteiger partial charge in [-0.2, -0.15) is 0 Å². The number of hydrogen-bond acceptors (Lipinski definition) is 4. The fourth-order valence-corrected chi connectivity index (χ4v) is 7.42. The SMILES string of the molecule is Cc1ccc(C)c(CN2C(=O)c3ccccc3S(=O)(=O)c3ccc(C(=O)NC4CCCc5ccccc54)cc32)c1. The molecule has 2 aliphatic rings. The van der Waals surface area contributed by atoms with Crippen LogP contribution in [0.1, 0.15) is 67.4 Å². The minimum atomic E-state index is -4.02. The number of sulfone groups is 1. The minimum absolute atomic E-state index is 0.00988. The summed E-state index contributed by atoms with van der Waals surface area (Å²) >= 11 is 0. The van der Waals surface area contributed by atoms with Gasteiger partial charge in [-0.3, -0.25) is 9.59 Å². The molecule has 7 heteroatoms. The molecule has 0 bridgehead atoms. The molecule has 0 aromatic heterocycles. The molecule has 6 rings (SSSR count). The van der Waals surface area contributed by atoms with Crippen molar-refractivity contribution in [1.29, 1.82) is 0 Å². The monoisotopic (exact) mass is 550 g/mol. The lowest BCUT2D eigenvalue weighted by atomic mass is 9.87. The zero-order chi connectivity index (χ0) is 28.0. The van der Waals surface area contributed by atoms with E-state index in [1.165, 1.54) is 28.7 Å². The smallest absolute Gasteiger partial charge is 0.259 e. The van der Waals surface area contributed by atoms with Gasteiger partial charge in [0.25, 0.3) is 11.8 Å². The molecule has 1 atom stereocenters. The number of anilines is 1. The normalized spacial score (nSPS) is 17.3. The van der Waals surface area contributed by atoms with Crippen molar-refractivity contribution in [2.75, 3.05) is 4.90 Å². The van der Waals surface area contributed by atoms with E-state index in [-0.39, 0.29) is 39.5 Å². The van der Waals surface area contributed by atoms with Gasteiger partial charge in [-0.15, -0.1) is 0 Å². The van der Waals surface area contributed by atoms with Crippen LogP contribution >= 0.6 is 0 Å². The van der Waals surface area contributed by atoms with Crippen molar-refractivity contribution in [1.82, 2.24) is 5.32 Å². The highest BCUT2D eigenvalue weighted by Gasteiger charge is 2.36. The van der Waals surface area contributed by atoms with Crippen LogP contribution in [-0.4, -0.2) is 20.2 Å². The lowest BCUT2D eigenvalue weighted by Crippen LogP contribution is -2.32. The molecule has 1 aliphatic heterocycles. The number of rotatable bonds is 4. The molecular weight excluding hydrogens is 520 g/mol. The van der Waals surface area contributed by atoms with Crippen LogP contribution in [-0.2, 0) is 22.8 Å². The standard InChI is InChI=1S/C33H30N2O4S/c1-21-14-15-22(2)25(18-21)20-35-29-19-24(32(36)34-28-12-7-9-23-8-3-4-10-26(23)28)16-17-31(29)40(38,39)30-13-6-5-11-27(30)33(35)37/h3-6,8,10-11,13-19,28H,7,9,12,20H2,1-2H3,(H,34,36). The van der Waals surface area contributed by atoms with E-state index in [0.717, 1.165) is 41.5 Å². The predicted octanol–water partition coefficient (Wildman–Crippen LogP) is 6.10. The van der Waals surface area contributed by atoms with E-state index in [0.29, 0.717) is 5.56 Å². The van der Waals surface area contributed by atoms with E-state index in [9.17, 15) is 18.0 Å². The van der Waals surface area contributed by atoms with Gasteiger partial charge in [0.1, 0.15) is 0 Å². The van der Waals surface area contributed by atoms with Crippen molar-refractivity contribution in [3.05, 3.63) is 124 Å². The fourth-order valence-electron chi connectivity index (χ4n) is 5.79. The number of nitrogens with zero attached hydrogens (tertiary/aromatic N) is 1. The Labute approximate surface area is 234 Å². The first-order valence-electron chi connectivity index (χ1n) is 13.5. The van der Waals surface area contributed by atoms with Crippen molar-refractivity contribution >= 4 is 27.3 Å². The quantitative estimate of drug-likeness (QED) is 0.333. The third-order valence-electron chi connectivity index (χ3n) is 7.96. The Morgan fingerprint density at radius 3 is 2.55 bits per heavy atom. The maximum absolute atomic E-state index is 14.0. The van der Waals surface area contributed by atoms with E-state index in [4.69, 9.17) is 0 Å². The van der Waals surface area contributed by atoms with Crippen molar-refractivity contribution < 1.29 is 18.0 Å². The predicted molar refractivity (Wildman–Crippen MR) is 154 cm³/mol. The number of carbonyl (C=O) groups excluding carboxylic acids is 2. The summed E-state index contributed by atoms with van der Waals surface area (Å²) < 4.78 is 27.7. The summed E-state index contributed by atoms with van der Waals surface area (Å²) in [4.78, 5) is 29.0. The Kier molecular flexibility index (Phi) is 6.55. The Morgan fingerprint density at radius 2 is 1.70 bits per heavy atom. The molecule has 2 amide bonds. The first-order valence-corrected chi connectivity index (χ1v) is 15.0. The van der Waals surface area contributed by atoms with E-state index >= 15 is 0 Å². The molecule has 40 heavy (non-hydrogen) atoms. The highest BCUT2D eigenvalue weighted by Crippen LogP contribution is 2.39. The molecule has 1 unspecified atom stereocenters. The maximum atomic E-state index is 14.0. The lowest BCUT2D eigenvalue weighted by Gasteiger charge is -2.27. The maximum Gasteiger partial charge on any atom is 0.259 e. The van der Waals surface area contributed by atoms with Crippen molar-refractivity contribution in [2.45, 2.75) is 55.5 Å². The second-order valence-corrected chi connectivity index (χ2v) is 12.5. The van der Waals surface area contributed by atoms with Gasteiger partial charge in [-0.05, 0) is 85.7 Å². The van der Waals surface area contributed by atoms with Gasteiger partial charge in [-0.25, -0.2) is 8.42 Å². The zero-order valence-electron chi connectivity index (χ0n) is 22.5. The molecule has 0 saturated carbocycles. The highest BCUT2D eigenvalue weighted by atomic mass is 32.2. The molecule has 1 N–H and O–H groups in total. The van der Waals surface area contributed by atoms with Gasteiger partial charge in [-0.1, -0.05) is 60.2 Å². The largest absolute Gasteiger partial charge is 0.345 e. The average molecular weight is 551 g/mol. The van der Waals surface area contributed by atoms with Crippen molar-refractivity contribution in [2.24, 2.45) is 0 Å². The number of nitrogens with one attached hydrogen (secondary N) is 1.